The smallest absolute Gasteiger partial charge is 0.297 e. The van der Waals surface area contributed by atoms with E-state index < -0.39 is 0 Å². The molecule has 0 saturated heterocycles. The Balaban J connectivity index is 2.78. The van der Waals surface area contributed by atoms with E-state index in [4.69, 9.17) is 9.52 Å². The lowest BCUT2D eigenvalue weighted by Gasteiger charge is -2.24. The highest BCUT2D eigenvalue weighted by atomic mass is 16.4. The molecule has 0 aliphatic heterocycles. The second-order valence-electron chi connectivity index (χ2n) is 3.32. The van der Waals surface area contributed by atoms with Gasteiger partial charge in [-0.2, -0.15) is 4.98 Å². The van der Waals surface area contributed by atoms with Crippen LogP contribution in [0.1, 0.15) is 32.9 Å². The predicted octanol–water partition coefficient (Wildman–Crippen LogP) is 1.79. The molecule has 0 aromatic carbocycles. The summed E-state index contributed by atoms with van der Waals surface area (Å²) in [7, 11) is 0. The van der Waals surface area contributed by atoms with Crippen LogP contribution in [0.15, 0.2) is 10.7 Å². The Labute approximate surface area is 84.6 Å². The minimum Gasteiger partial charge on any atom is -0.432 e. The van der Waals surface area contributed by atoms with Gasteiger partial charge >= 0.3 is 0 Å². The fourth-order valence-corrected chi connectivity index (χ4v) is 1.36. The molecule has 1 N–H and O–H groups in total. The average molecular weight is 198 g/mol. The zero-order valence-corrected chi connectivity index (χ0v) is 9.03. The van der Waals surface area contributed by atoms with Crippen molar-refractivity contribution in [3.63, 3.8) is 0 Å². The number of aromatic nitrogens is 1. The summed E-state index contributed by atoms with van der Waals surface area (Å²) in [6, 6.07) is 1.01. The first-order valence-electron chi connectivity index (χ1n) is 5.04. The van der Waals surface area contributed by atoms with E-state index in [2.05, 4.69) is 30.7 Å². The summed E-state index contributed by atoms with van der Waals surface area (Å²) in [6.07, 6.45) is 2.55. The minimum atomic E-state index is -0.0679. The fourth-order valence-electron chi connectivity index (χ4n) is 1.36. The van der Waals surface area contributed by atoms with E-state index in [9.17, 15) is 0 Å². The molecule has 14 heavy (non-hydrogen) atoms. The zero-order chi connectivity index (χ0) is 10.6. The second-order valence-corrected chi connectivity index (χ2v) is 3.32. The van der Waals surface area contributed by atoms with E-state index in [-0.39, 0.29) is 6.61 Å². The quantitative estimate of drug-likeness (QED) is 0.783. The van der Waals surface area contributed by atoms with Crippen LogP contribution in [-0.2, 0) is 6.61 Å². The number of aliphatic hydroxyl groups excluding tert-OH is 1. The Morgan fingerprint density at radius 3 is 2.71 bits per heavy atom. The molecule has 1 heterocycles. The molecule has 1 aromatic heterocycles. The van der Waals surface area contributed by atoms with E-state index in [0.29, 0.717) is 17.8 Å². The lowest BCUT2D eigenvalue weighted by Crippen LogP contribution is -2.32. The molecule has 4 heteroatoms. The van der Waals surface area contributed by atoms with Crippen LogP contribution < -0.4 is 4.90 Å². The molecule has 0 saturated carbocycles. The summed E-state index contributed by atoms with van der Waals surface area (Å²) < 4.78 is 5.29. The van der Waals surface area contributed by atoms with Gasteiger partial charge < -0.3 is 14.4 Å². The van der Waals surface area contributed by atoms with Gasteiger partial charge in [0.15, 0.2) is 0 Å². The van der Waals surface area contributed by atoms with Crippen LogP contribution in [-0.4, -0.2) is 22.7 Å². The number of aliphatic hydroxyl groups is 1. The minimum absolute atomic E-state index is 0.0679. The number of rotatable bonds is 5. The van der Waals surface area contributed by atoms with E-state index in [0.717, 1.165) is 13.0 Å². The molecular formula is C10H18N2O2. The fraction of sp³-hybridized carbons (Fsp3) is 0.700. The Hall–Kier alpha value is -1.03. The zero-order valence-electron chi connectivity index (χ0n) is 9.03. The lowest BCUT2D eigenvalue weighted by atomic mass is 10.2. The van der Waals surface area contributed by atoms with Gasteiger partial charge in [0, 0.05) is 12.6 Å². The Kier molecular flexibility index (Phi) is 3.95. The molecule has 0 fully saturated rings. The normalized spacial score (nSPS) is 12.9. The summed E-state index contributed by atoms with van der Waals surface area (Å²) in [4.78, 5) is 6.26. The molecule has 4 nitrogen and oxygen atoms in total. The van der Waals surface area contributed by atoms with Crippen LogP contribution in [0.3, 0.4) is 0 Å². The van der Waals surface area contributed by atoms with Gasteiger partial charge in [-0.1, -0.05) is 6.92 Å². The first kappa shape index (κ1) is 11.0. The van der Waals surface area contributed by atoms with Gasteiger partial charge in [-0.3, -0.25) is 0 Å². The van der Waals surface area contributed by atoms with Crippen LogP contribution in [0, 0.1) is 0 Å². The van der Waals surface area contributed by atoms with Crippen molar-refractivity contribution >= 4 is 6.01 Å². The maximum absolute atomic E-state index is 8.86. The van der Waals surface area contributed by atoms with Gasteiger partial charge in [-0.25, -0.2) is 0 Å². The molecule has 1 atom stereocenters. The summed E-state index contributed by atoms with van der Waals surface area (Å²) in [5.41, 5.74) is 0.585. The Morgan fingerprint density at radius 2 is 2.29 bits per heavy atom. The summed E-state index contributed by atoms with van der Waals surface area (Å²) in [5, 5.41) is 8.86. The topological polar surface area (TPSA) is 49.5 Å². The van der Waals surface area contributed by atoms with E-state index in [1.54, 1.807) is 0 Å². The Morgan fingerprint density at radius 1 is 1.57 bits per heavy atom. The number of hydrogen-bond donors (Lipinski definition) is 1. The predicted molar refractivity (Wildman–Crippen MR) is 55.2 cm³/mol. The summed E-state index contributed by atoms with van der Waals surface area (Å²) >= 11 is 0. The first-order valence-corrected chi connectivity index (χ1v) is 5.04. The van der Waals surface area contributed by atoms with Crippen molar-refractivity contribution in [1.82, 2.24) is 4.98 Å². The molecule has 0 aliphatic rings. The Bertz CT molecular complexity index is 273. The molecule has 1 aromatic rings. The van der Waals surface area contributed by atoms with Crippen molar-refractivity contribution < 1.29 is 9.52 Å². The third-order valence-corrected chi connectivity index (χ3v) is 2.41. The van der Waals surface area contributed by atoms with Crippen LogP contribution in [0.4, 0.5) is 6.01 Å². The highest BCUT2D eigenvalue weighted by molar-refractivity contribution is 5.28. The van der Waals surface area contributed by atoms with Crippen molar-refractivity contribution in [2.75, 3.05) is 11.4 Å². The summed E-state index contributed by atoms with van der Waals surface area (Å²) in [6.45, 7) is 7.12. The van der Waals surface area contributed by atoms with Crippen molar-refractivity contribution in [2.45, 2.75) is 39.8 Å². The van der Waals surface area contributed by atoms with Crippen molar-refractivity contribution in [2.24, 2.45) is 0 Å². The molecule has 1 unspecified atom stereocenters. The maximum atomic E-state index is 8.86. The third-order valence-electron chi connectivity index (χ3n) is 2.41. The third kappa shape index (κ3) is 2.26. The molecule has 0 bridgehead atoms. The molecule has 0 aliphatic carbocycles. The first-order chi connectivity index (χ1) is 6.72. The molecule has 0 spiro atoms. The van der Waals surface area contributed by atoms with Crippen molar-refractivity contribution in [3.8, 4) is 0 Å². The van der Waals surface area contributed by atoms with Crippen LogP contribution >= 0.6 is 0 Å². The summed E-state index contributed by atoms with van der Waals surface area (Å²) in [5.74, 6) is 0. The van der Waals surface area contributed by atoms with Crippen molar-refractivity contribution in [1.29, 1.82) is 0 Å². The van der Waals surface area contributed by atoms with Crippen LogP contribution in [0.2, 0.25) is 0 Å². The molecule has 0 radical (unpaired) electrons. The van der Waals surface area contributed by atoms with Gasteiger partial charge in [0.2, 0.25) is 0 Å². The highest BCUT2D eigenvalue weighted by Crippen LogP contribution is 2.17. The van der Waals surface area contributed by atoms with Gasteiger partial charge in [0.05, 0.1) is 6.61 Å². The largest absolute Gasteiger partial charge is 0.432 e. The molecule has 80 valence electrons. The van der Waals surface area contributed by atoms with Crippen LogP contribution in [0.25, 0.3) is 0 Å². The number of hydrogen-bond acceptors (Lipinski definition) is 4. The van der Waals surface area contributed by atoms with E-state index in [1.165, 1.54) is 6.26 Å². The molecular weight excluding hydrogens is 180 g/mol. The second kappa shape index (κ2) is 5.00. The maximum Gasteiger partial charge on any atom is 0.297 e. The standard InChI is InChI=1S/C10H18N2O2/c1-4-8(3)12(5-2)10-11-9(6-13)7-14-10/h7-8,13H,4-6H2,1-3H3. The van der Waals surface area contributed by atoms with Gasteiger partial charge in [-0.15, -0.1) is 0 Å². The number of nitrogens with zero attached hydrogens (tertiary/aromatic N) is 2. The van der Waals surface area contributed by atoms with Gasteiger partial charge in [0.25, 0.3) is 6.01 Å². The van der Waals surface area contributed by atoms with E-state index >= 15 is 0 Å². The van der Waals surface area contributed by atoms with E-state index in [1.807, 2.05) is 0 Å². The monoisotopic (exact) mass is 198 g/mol. The SMILES string of the molecule is CCC(C)N(CC)c1nc(CO)co1. The molecule has 0 amide bonds. The van der Waals surface area contributed by atoms with Crippen molar-refractivity contribution in [3.05, 3.63) is 12.0 Å². The highest BCUT2D eigenvalue weighted by Gasteiger charge is 2.15. The molecule has 1 rings (SSSR count). The number of oxazole rings is 1. The van der Waals surface area contributed by atoms with Crippen LogP contribution in [0.5, 0.6) is 0 Å². The lowest BCUT2D eigenvalue weighted by molar-refractivity contribution is 0.276. The number of anilines is 1. The average Bonchev–Trinajstić information content (AvgIpc) is 2.67. The van der Waals surface area contributed by atoms with Gasteiger partial charge in [-0.05, 0) is 20.3 Å². The van der Waals surface area contributed by atoms with Gasteiger partial charge in [0.1, 0.15) is 12.0 Å².